The summed E-state index contributed by atoms with van der Waals surface area (Å²) < 4.78 is 27.0. The van der Waals surface area contributed by atoms with Gasteiger partial charge in [0.25, 0.3) is 10.0 Å². The zero-order valence-electron chi connectivity index (χ0n) is 11.4. The number of benzene rings is 2. The van der Waals surface area contributed by atoms with E-state index in [1.807, 2.05) is 44.2 Å². The van der Waals surface area contributed by atoms with E-state index in [2.05, 4.69) is 0 Å². The third kappa shape index (κ3) is 1.84. The van der Waals surface area contributed by atoms with Crippen LogP contribution in [0.5, 0.6) is 0 Å². The zero-order chi connectivity index (χ0) is 14.3. The third-order valence-corrected chi connectivity index (χ3v) is 5.31. The minimum atomic E-state index is -3.55. The molecule has 0 saturated heterocycles. The van der Waals surface area contributed by atoms with Crippen LogP contribution in [0.25, 0.3) is 10.9 Å². The highest BCUT2D eigenvalue weighted by molar-refractivity contribution is 7.90. The fourth-order valence-electron chi connectivity index (χ4n) is 2.50. The molecule has 0 unspecified atom stereocenters. The lowest BCUT2D eigenvalue weighted by Crippen LogP contribution is -2.14. The van der Waals surface area contributed by atoms with Gasteiger partial charge in [0.05, 0.1) is 10.4 Å². The van der Waals surface area contributed by atoms with Gasteiger partial charge in [0.1, 0.15) is 0 Å². The second-order valence-corrected chi connectivity index (χ2v) is 6.66. The summed E-state index contributed by atoms with van der Waals surface area (Å²) in [6.45, 7) is 3.81. The molecule has 0 amide bonds. The van der Waals surface area contributed by atoms with Crippen LogP contribution >= 0.6 is 0 Å². The van der Waals surface area contributed by atoms with Gasteiger partial charge in [-0.15, -0.1) is 0 Å². The SMILES string of the molecule is Cc1cccc2c1cc(C)n2S(=O)(=O)c1ccccc1. The smallest absolute Gasteiger partial charge is 0.238 e. The number of rotatable bonds is 2. The first-order chi connectivity index (χ1) is 9.51. The molecule has 2 aromatic carbocycles. The number of hydrogen-bond donors (Lipinski definition) is 0. The molecular formula is C16H15NO2S. The molecule has 3 rings (SSSR count). The highest BCUT2D eigenvalue weighted by atomic mass is 32.2. The molecule has 20 heavy (non-hydrogen) atoms. The van der Waals surface area contributed by atoms with Crippen LogP contribution in [0.1, 0.15) is 11.3 Å². The van der Waals surface area contributed by atoms with Crippen molar-refractivity contribution in [3.8, 4) is 0 Å². The van der Waals surface area contributed by atoms with Crippen molar-refractivity contribution in [2.75, 3.05) is 0 Å². The molecule has 0 aliphatic heterocycles. The molecule has 0 aliphatic rings. The first kappa shape index (κ1) is 12.9. The van der Waals surface area contributed by atoms with Gasteiger partial charge in [0, 0.05) is 11.1 Å². The van der Waals surface area contributed by atoms with Crippen molar-refractivity contribution in [2.24, 2.45) is 0 Å². The van der Waals surface area contributed by atoms with E-state index < -0.39 is 10.0 Å². The Morgan fingerprint density at radius 1 is 0.900 bits per heavy atom. The third-order valence-electron chi connectivity index (χ3n) is 3.47. The monoisotopic (exact) mass is 285 g/mol. The summed E-state index contributed by atoms with van der Waals surface area (Å²) in [4.78, 5) is 0.308. The zero-order valence-corrected chi connectivity index (χ0v) is 12.2. The molecular weight excluding hydrogens is 270 g/mol. The summed E-state index contributed by atoms with van der Waals surface area (Å²) in [6.07, 6.45) is 0. The van der Waals surface area contributed by atoms with Crippen molar-refractivity contribution in [1.82, 2.24) is 3.97 Å². The van der Waals surface area contributed by atoms with Crippen LogP contribution in [-0.4, -0.2) is 12.4 Å². The molecule has 0 atom stereocenters. The molecule has 0 saturated carbocycles. The van der Waals surface area contributed by atoms with E-state index in [1.54, 1.807) is 24.3 Å². The quantitative estimate of drug-likeness (QED) is 0.723. The van der Waals surface area contributed by atoms with Gasteiger partial charge in [-0.25, -0.2) is 12.4 Å². The molecule has 0 N–H and O–H groups in total. The van der Waals surface area contributed by atoms with Crippen LogP contribution in [0.2, 0.25) is 0 Å². The first-order valence-corrected chi connectivity index (χ1v) is 7.84. The van der Waals surface area contributed by atoms with Crippen LogP contribution in [0.4, 0.5) is 0 Å². The fraction of sp³-hybridized carbons (Fsp3) is 0.125. The molecule has 3 aromatic rings. The Labute approximate surface area is 118 Å². The van der Waals surface area contributed by atoms with Gasteiger partial charge in [-0.05, 0) is 43.7 Å². The van der Waals surface area contributed by atoms with Crippen LogP contribution in [0.3, 0.4) is 0 Å². The topological polar surface area (TPSA) is 39.1 Å². The maximum absolute atomic E-state index is 12.8. The minimum absolute atomic E-state index is 0.308. The standard InChI is InChI=1S/C16H15NO2S/c1-12-7-6-10-16-15(12)11-13(2)17(16)20(18,19)14-8-4-3-5-9-14/h3-11H,1-2H3. The number of hydrogen-bond acceptors (Lipinski definition) is 2. The molecule has 4 heteroatoms. The molecule has 0 fully saturated rings. The van der Waals surface area contributed by atoms with Crippen LogP contribution in [-0.2, 0) is 10.0 Å². The highest BCUT2D eigenvalue weighted by Gasteiger charge is 2.21. The Bertz CT molecular complexity index is 877. The van der Waals surface area contributed by atoms with E-state index in [1.165, 1.54) is 3.97 Å². The molecule has 1 heterocycles. The Kier molecular flexibility index (Phi) is 2.91. The van der Waals surface area contributed by atoms with E-state index in [0.29, 0.717) is 4.90 Å². The van der Waals surface area contributed by atoms with Crippen LogP contribution < -0.4 is 0 Å². The van der Waals surface area contributed by atoms with E-state index in [-0.39, 0.29) is 0 Å². The predicted molar refractivity (Wildman–Crippen MR) is 80.4 cm³/mol. The van der Waals surface area contributed by atoms with Crippen molar-refractivity contribution in [3.63, 3.8) is 0 Å². The lowest BCUT2D eigenvalue weighted by Gasteiger charge is -2.10. The lowest BCUT2D eigenvalue weighted by atomic mass is 10.1. The summed E-state index contributed by atoms with van der Waals surface area (Å²) in [5.41, 5.74) is 2.53. The fourth-order valence-corrected chi connectivity index (χ4v) is 4.07. The van der Waals surface area contributed by atoms with Crippen molar-refractivity contribution in [1.29, 1.82) is 0 Å². The molecule has 1 aromatic heterocycles. The van der Waals surface area contributed by atoms with Gasteiger partial charge >= 0.3 is 0 Å². The number of aryl methyl sites for hydroxylation is 2. The molecule has 0 bridgehead atoms. The predicted octanol–water partition coefficient (Wildman–Crippen LogP) is 3.50. The van der Waals surface area contributed by atoms with Crippen molar-refractivity contribution in [3.05, 3.63) is 65.9 Å². The molecule has 0 spiro atoms. The molecule has 0 aliphatic carbocycles. The second-order valence-electron chi connectivity index (χ2n) is 4.88. The van der Waals surface area contributed by atoms with Crippen molar-refractivity contribution in [2.45, 2.75) is 18.7 Å². The second kappa shape index (κ2) is 4.49. The lowest BCUT2D eigenvalue weighted by molar-refractivity contribution is 0.588. The Morgan fingerprint density at radius 3 is 2.30 bits per heavy atom. The van der Waals surface area contributed by atoms with Gasteiger partial charge < -0.3 is 0 Å². The maximum Gasteiger partial charge on any atom is 0.268 e. The molecule has 3 nitrogen and oxygen atoms in total. The number of nitrogens with zero attached hydrogens (tertiary/aromatic N) is 1. The Balaban J connectivity index is 2.36. The van der Waals surface area contributed by atoms with Crippen LogP contribution in [0.15, 0.2) is 59.5 Å². The molecule has 0 radical (unpaired) electrons. The van der Waals surface area contributed by atoms with Gasteiger partial charge in [-0.1, -0.05) is 30.3 Å². The Morgan fingerprint density at radius 2 is 1.60 bits per heavy atom. The normalized spacial score (nSPS) is 11.9. The van der Waals surface area contributed by atoms with Crippen molar-refractivity contribution < 1.29 is 8.42 Å². The van der Waals surface area contributed by atoms with E-state index >= 15 is 0 Å². The van der Waals surface area contributed by atoms with E-state index in [0.717, 1.165) is 22.2 Å². The van der Waals surface area contributed by atoms with E-state index in [4.69, 9.17) is 0 Å². The van der Waals surface area contributed by atoms with Gasteiger partial charge in [-0.3, -0.25) is 0 Å². The summed E-state index contributed by atoms with van der Waals surface area (Å²) in [5.74, 6) is 0. The summed E-state index contributed by atoms with van der Waals surface area (Å²) in [6, 6.07) is 16.2. The Hall–Kier alpha value is -2.07. The summed E-state index contributed by atoms with van der Waals surface area (Å²) in [5, 5.41) is 0.976. The van der Waals surface area contributed by atoms with Gasteiger partial charge in [-0.2, -0.15) is 0 Å². The molecule has 102 valence electrons. The average Bonchev–Trinajstić information content (AvgIpc) is 2.78. The van der Waals surface area contributed by atoms with E-state index in [9.17, 15) is 8.42 Å². The highest BCUT2D eigenvalue weighted by Crippen LogP contribution is 2.27. The number of aromatic nitrogens is 1. The minimum Gasteiger partial charge on any atom is -0.238 e. The van der Waals surface area contributed by atoms with Crippen LogP contribution in [0, 0.1) is 13.8 Å². The van der Waals surface area contributed by atoms with Gasteiger partial charge in [0.2, 0.25) is 0 Å². The number of fused-ring (bicyclic) bond motifs is 1. The summed E-state index contributed by atoms with van der Waals surface area (Å²) in [7, 11) is -3.55. The largest absolute Gasteiger partial charge is 0.268 e. The average molecular weight is 285 g/mol. The summed E-state index contributed by atoms with van der Waals surface area (Å²) >= 11 is 0. The van der Waals surface area contributed by atoms with Crippen molar-refractivity contribution >= 4 is 20.9 Å². The van der Waals surface area contributed by atoms with Gasteiger partial charge in [0.15, 0.2) is 0 Å². The first-order valence-electron chi connectivity index (χ1n) is 6.40. The maximum atomic E-state index is 12.8.